The Hall–Kier alpha value is -2.42. The molecule has 1 amide bonds. The predicted octanol–water partition coefficient (Wildman–Crippen LogP) is 4.03. The molecule has 0 saturated carbocycles. The average molecular weight is 477 g/mol. The van der Waals surface area contributed by atoms with Crippen LogP contribution < -0.4 is 14.9 Å². The maximum atomic E-state index is 12.0. The zero-order valence-electron chi connectivity index (χ0n) is 17.0. The van der Waals surface area contributed by atoms with E-state index in [9.17, 15) is 4.79 Å². The third-order valence-corrected chi connectivity index (χ3v) is 4.89. The molecule has 30 heavy (non-hydrogen) atoms. The summed E-state index contributed by atoms with van der Waals surface area (Å²) < 4.78 is 23.5. The third-order valence-electron chi connectivity index (χ3n) is 4.36. The molecule has 0 spiro atoms. The zero-order valence-corrected chi connectivity index (χ0v) is 18.6. The van der Waals surface area contributed by atoms with Gasteiger partial charge in [-0.3, -0.25) is 4.79 Å². The van der Waals surface area contributed by atoms with E-state index in [0.717, 1.165) is 15.6 Å². The van der Waals surface area contributed by atoms with Crippen LogP contribution in [0.5, 0.6) is 11.5 Å². The highest BCUT2D eigenvalue weighted by atomic mass is 79.9. The molecule has 0 aliphatic carbocycles. The summed E-state index contributed by atoms with van der Waals surface area (Å²) in [5.74, 6) is 0.0972. The van der Waals surface area contributed by atoms with Crippen molar-refractivity contribution in [2.45, 2.75) is 32.7 Å². The number of hydrogen-bond donors (Lipinski definition) is 1. The Morgan fingerprint density at radius 3 is 2.60 bits per heavy atom. The fraction of sp³-hybridized carbons (Fsp3) is 0.364. The first kappa shape index (κ1) is 22.3. The van der Waals surface area contributed by atoms with Gasteiger partial charge in [-0.1, -0.05) is 28.1 Å². The van der Waals surface area contributed by atoms with Gasteiger partial charge in [-0.2, -0.15) is 5.10 Å². The van der Waals surface area contributed by atoms with Gasteiger partial charge in [0, 0.05) is 4.47 Å². The maximum absolute atomic E-state index is 12.0. The van der Waals surface area contributed by atoms with Crippen molar-refractivity contribution >= 4 is 28.1 Å². The van der Waals surface area contributed by atoms with Crippen molar-refractivity contribution in [3.05, 3.63) is 58.1 Å². The molecule has 0 aromatic heterocycles. The molecule has 1 aliphatic heterocycles. The summed E-state index contributed by atoms with van der Waals surface area (Å²) in [6.45, 7) is 5.56. The fourth-order valence-electron chi connectivity index (χ4n) is 2.90. The molecule has 3 rings (SSSR count). The minimum Gasteiger partial charge on any atom is -0.490 e. The summed E-state index contributed by atoms with van der Waals surface area (Å²) >= 11 is 3.42. The van der Waals surface area contributed by atoms with Crippen LogP contribution in [0.4, 0.5) is 0 Å². The number of nitrogens with one attached hydrogen (secondary N) is 1. The minimum absolute atomic E-state index is 0.0807. The van der Waals surface area contributed by atoms with Gasteiger partial charge in [0.15, 0.2) is 17.3 Å². The van der Waals surface area contributed by atoms with E-state index < -0.39 is 5.79 Å². The molecule has 1 fully saturated rings. The second-order valence-electron chi connectivity index (χ2n) is 6.86. The van der Waals surface area contributed by atoms with Crippen LogP contribution in [-0.2, 0) is 20.9 Å². The van der Waals surface area contributed by atoms with Gasteiger partial charge in [-0.25, -0.2) is 5.43 Å². The molecular weight excluding hydrogens is 452 g/mol. The number of amides is 1. The number of carbonyl (C=O) groups is 1. The van der Waals surface area contributed by atoms with E-state index in [1.807, 2.05) is 49.4 Å². The van der Waals surface area contributed by atoms with Crippen molar-refractivity contribution in [2.24, 2.45) is 5.10 Å². The molecule has 1 saturated heterocycles. The van der Waals surface area contributed by atoms with Gasteiger partial charge < -0.3 is 18.9 Å². The molecule has 8 heteroatoms. The number of rotatable bonds is 9. The van der Waals surface area contributed by atoms with Crippen LogP contribution in [0.2, 0.25) is 0 Å². The second-order valence-corrected chi connectivity index (χ2v) is 7.77. The van der Waals surface area contributed by atoms with Crippen LogP contribution in [0.1, 0.15) is 31.4 Å². The number of hydrogen-bond acceptors (Lipinski definition) is 6. The number of nitrogens with zero attached hydrogens (tertiary/aromatic N) is 1. The molecule has 1 N–H and O–H groups in total. The first-order chi connectivity index (χ1) is 14.5. The predicted molar refractivity (Wildman–Crippen MR) is 117 cm³/mol. The molecule has 0 bridgehead atoms. The molecular formula is C22H25BrN2O5. The number of benzene rings is 2. The standard InChI is InChI=1S/C22H25BrN2O5/c1-3-27-20-12-17(14-24-25-21(26)13-22(2)29-10-11-30-22)6-9-19(20)28-15-16-4-7-18(23)8-5-16/h4-9,12,14H,3,10-11,13,15H2,1-2H3,(H,25,26)/b24-14-. The third kappa shape index (κ3) is 6.55. The molecule has 1 aliphatic rings. The van der Waals surface area contributed by atoms with Gasteiger partial charge in [0.25, 0.3) is 0 Å². The Balaban J connectivity index is 1.58. The van der Waals surface area contributed by atoms with Crippen LogP contribution in [0.15, 0.2) is 52.0 Å². The van der Waals surface area contributed by atoms with Crippen molar-refractivity contribution in [2.75, 3.05) is 19.8 Å². The minimum atomic E-state index is -0.879. The van der Waals surface area contributed by atoms with E-state index in [1.54, 1.807) is 13.1 Å². The lowest BCUT2D eigenvalue weighted by Gasteiger charge is -2.20. The summed E-state index contributed by atoms with van der Waals surface area (Å²) in [5.41, 5.74) is 4.32. The lowest BCUT2D eigenvalue weighted by atomic mass is 10.2. The molecule has 7 nitrogen and oxygen atoms in total. The van der Waals surface area contributed by atoms with Gasteiger partial charge in [-0.05, 0) is 55.3 Å². The quantitative estimate of drug-likeness (QED) is 0.436. The van der Waals surface area contributed by atoms with E-state index in [0.29, 0.717) is 37.9 Å². The Morgan fingerprint density at radius 2 is 1.90 bits per heavy atom. The fourth-order valence-corrected chi connectivity index (χ4v) is 3.17. The van der Waals surface area contributed by atoms with Crippen molar-refractivity contribution in [3.63, 3.8) is 0 Å². The average Bonchev–Trinajstić information content (AvgIpc) is 3.14. The van der Waals surface area contributed by atoms with Crippen molar-refractivity contribution in [1.29, 1.82) is 0 Å². The molecule has 2 aromatic carbocycles. The van der Waals surface area contributed by atoms with E-state index in [1.165, 1.54) is 0 Å². The lowest BCUT2D eigenvalue weighted by molar-refractivity contribution is -0.159. The monoisotopic (exact) mass is 476 g/mol. The summed E-state index contributed by atoms with van der Waals surface area (Å²) in [5, 5.41) is 4.01. The summed E-state index contributed by atoms with van der Waals surface area (Å²) in [4.78, 5) is 12.0. The number of ether oxygens (including phenoxy) is 4. The van der Waals surface area contributed by atoms with Crippen molar-refractivity contribution in [1.82, 2.24) is 5.43 Å². The van der Waals surface area contributed by atoms with Crippen LogP contribution >= 0.6 is 15.9 Å². The SMILES string of the molecule is CCOc1cc(/C=N\NC(=O)CC2(C)OCCO2)ccc1OCc1ccc(Br)cc1. The van der Waals surface area contributed by atoms with Crippen molar-refractivity contribution in [3.8, 4) is 11.5 Å². The van der Waals surface area contributed by atoms with Crippen LogP contribution in [0.25, 0.3) is 0 Å². The van der Waals surface area contributed by atoms with E-state index in [4.69, 9.17) is 18.9 Å². The number of halogens is 1. The first-order valence-corrected chi connectivity index (χ1v) is 10.5. The summed E-state index contributed by atoms with van der Waals surface area (Å²) in [7, 11) is 0. The summed E-state index contributed by atoms with van der Waals surface area (Å²) in [6, 6.07) is 13.4. The van der Waals surface area contributed by atoms with Crippen LogP contribution in [0.3, 0.4) is 0 Å². The maximum Gasteiger partial charge on any atom is 0.245 e. The van der Waals surface area contributed by atoms with Gasteiger partial charge in [0.05, 0.1) is 32.5 Å². The van der Waals surface area contributed by atoms with Crippen LogP contribution in [0, 0.1) is 0 Å². The highest BCUT2D eigenvalue weighted by molar-refractivity contribution is 9.10. The normalized spacial score (nSPS) is 15.3. The molecule has 0 atom stereocenters. The van der Waals surface area contributed by atoms with E-state index in [2.05, 4.69) is 26.5 Å². The topological polar surface area (TPSA) is 78.4 Å². The zero-order chi connectivity index (χ0) is 21.4. The largest absolute Gasteiger partial charge is 0.490 e. The Labute approximate surface area is 184 Å². The molecule has 0 unspecified atom stereocenters. The molecule has 160 valence electrons. The van der Waals surface area contributed by atoms with Gasteiger partial charge in [-0.15, -0.1) is 0 Å². The van der Waals surface area contributed by atoms with Gasteiger partial charge >= 0.3 is 0 Å². The second kappa shape index (κ2) is 10.6. The lowest BCUT2D eigenvalue weighted by Crippen LogP contribution is -2.33. The van der Waals surface area contributed by atoms with E-state index >= 15 is 0 Å². The Kier molecular flexibility index (Phi) is 7.84. The van der Waals surface area contributed by atoms with Crippen LogP contribution in [-0.4, -0.2) is 37.7 Å². The highest BCUT2D eigenvalue weighted by Crippen LogP contribution is 2.29. The van der Waals surface area contributed by atoms with Crippen molar-refractivity contribution < 1.29 is 23.7 Å². The molecule has 0 radical (unpaired) electrons. The number of carbonyl (C=O) groups excluding carboxylic acids is 1. The van der Waals surface area contributed by atoms with Gasteiger partial charge in [0.2, 0.25) is 5.91 Å². The Morgan fingerprint density at radius 1 is 1.17 bits per heavy atom. The highest BCUT2D eigenvalue weighted by Gasteiger charge is 2.33. The molecule has 2 aromatic rings. The van der Waals surface area contributed by atoms with Gasteiger partial charge in [0.1, 0.15) is 6.61 Å². The number of hydrazone groups is 1. The summed E-state index contributed by atoms with van der Waals surface area (Å²) in [6.07, 6.45) is 1.63. The van der Waals surface area contributed by atoms with E-state index in [-0.39, 0.29) is 12.3 Å². The first-order valence-electron chi connectivity index (χ1n) is 9.71. The molecule has 1 heterocycles. The smallest absolute Gasteiger partial charge is 0.245 e. The Bertz CT molecular complexity index is 880.